The lowest BCUT2D eigenvalue weighted by atomic mass is 10.2. The molecule has 1 N–H and O–H groups in total. The minimum atomic E-state index is -1.02. The summed E-state index contributed by atoms with van der Waals surface area (Å²) < 4.78 is 1.47. The lowest BCUT2D eigenvalue weighted by Gasteiger charge is -2.11. The molecule has 0 aliphatic carbocycles. The maximum atomic E-state index is 13.1. The van der Waals surface area contributed by atoms with Crippen molar-refractivity contribution >= 4 is 29.0 Å². The summed E-state index contributed by atoms with van der Waals surface area (Å²) in [5, 5.41) is 9.60. The van der Waals surface area contributed by atoms with Crippen molar-refractivity contribution in [3.05, 3.63) is 100 Å². The summed E-state index contributed by atoms with van der Waals surface area (Å²) in [5.74, 6) is -0.581. The third-order valence-electron chi connectivity index (χ3n) is 4.28. The molecule has 6 heteroatoms. The summed E-state index contributed by atoms with van der Waals surface area (Å²) >= 11 is 0. The second-order valence-electron chi connectivity index (χ2n) is 6.10. The van der Waals surface area contributed by atoms with Crippen molar-refractivity contribution in [2.24, 2.45) is 0 Å². The maximum absolute atomic E-state index is 13.1. The Morgan fingerprint density at radius 3 is 2.46 bits per heavy atom. The number of aromatic carboxylic acids is 1. The zero-order chi connectivity index (χ0) is 19.5. The van der Waals surface area contributed by atoms with Crippen LogP contribution < -0.4 is 5.56 Å². The van der Waals surface area contributed by atoms with Gasteiger partial charge in [-0.1, -0.05) is 18.2 Å². The fourth-order valence-electron chi connectivity index (χ4n) is 2.91. The highest BCUT2D eigenvalue weighted by Gasteiger charge is 2.12. The number of hydrogen-bond donors (Lipinski definition) is 1. The molecule has 4 rings (SSSR count). The van der Waals surface area contributed by atoms with Crippen LogP contribution in [-0.4, -0.2) is 25.6 Å². The maximum Gasteiger partial charge on any atom is 0.335 e. The average Bonchev–Trinajstić information content (AvgIpc) is 2.73. The van der Waals surface area contributed by atoms with Crippen LogP contribution >= 0.6 is 0 Å². The van der Waals surface area contributed by atoms with E-state index < -0.39 is 5.97 Å². The van der Waals surface area contributed by atoms with Crippen LogP contribution in [0.5, 0.6) is 0 Å². The number of pyridine rings is 1. The van der Waals surface area contributed by atoms with E-state index in [1.807, 2.05) is 24.3 Å². The lowest BCUT2D eigenvalue weighted by molar-refractivity contribution is 0.0697. The molecular weight excluding hydrogens is 354 g/mol. The van der Waals surface area contributed by atoms with Crippen molar-refractivity contribution in [2.75, 3.05) is 0 Å². The standard InChI is InChI=1S/C22H15N3O3/c26-21-18-5-1-2-6-19(18)24-20(12-7-15-4-3-13-23-14-15)25(21)17-10-8-16(9-11-17)22(27)28/h1-14H,(H,27,28)/b12-7+. The van der Waals surface area contributed by atoms with E-state index in [0.29, 0.717) is 22.4 Å². The molecule has 0 bridgehead atoms. The van der Waals surface area contributed by atoms with Gasteiger partial charge in [0.05, 0.1) is 22.2 Å². The van der Waals surface area contributed by atoms with Crippen LogP contribution in [0.1, 0.15) is 21.7 Å². The molecule has 0 aliphatic rings. The summed E-state index contributed by atoms with van der Waals surface area (Å²) in [6.07, 6.45) is 6.97. The van der Waals surface area contributed by atoms with E-state index in [1.54, 1.807) is 48.8 Å². The number of fused-ring (bicyclic) bond motifs is 1. The molecule has 6 nitrogen and oxygen atoms in total. The number of carboxylic acid groups (broad SMARTS) is 1. The second kappa shape index (κ2) is 7.28. The Bertz CT molecular complexity index is 1240. The van der Waals surface area contributed by atoms with Crippen LogP contribution in [0.2, 0.25) is 0 Å². The molecule has 28 heavy (non-hydrogen) atoms. The molecule has 2 heterocycles. The molecule has 0 radical (unpaired) electrons. The van der Waals surface area contributed by atoms with Crippen molar-refractivity contribution in [1.29, 1.82) is 0 Å². The molecule has 0 amide bonds. The van der Waals surface area contributed by atoms with Gasteiger partial charge >= 0.3 is 5.97 Å². The van der Waals surface area contributed by atoms with E-state index in [2.05, 4.69) is 9.97 Å². The van der Waals surface area contributed by atoms with Gasteiger partial charge in [0.2, 0.25) is 0 Å². The summed E-state index contributed by atoms with van der Waals surface area (Å²) in [4.78, 5) is 33.0. The van der Waals surface area contributed by atoms with Crippen molar-refractivity contribution in [2.45, 2.75) is 0 Å². The smallest absolute Gasteiger partial charge is 0.335 e. The van der Waals surface area contributed by atoms with Crippen LogP contribution in [0.3, 0.4) is 0 Å². The molecule has 0 fully saturated rings. The Morgan fingerprint density at radius 1 is 0.964 bits per heavy atom. The molecule has 2 aromatic heterocycles. The zero-order valence-electron chi connectivity index (χ0n) is 14.7. The molecule has 0 unspecified atom stereocenters. The first-order valence-corrected chi connectivity index (χ1v) is 8.57. The molecule has 136 valence electrons. The molecule has 0 saturated carbocycles. The predicted octanol–water partition coefficient (Wildman–Crippen LogP) is 3.65. The van der Waals surface area contributed by atoms with Crippen molar-refractivity contribution in [1.82, 2.24) is 14.5 Å². The van der Waals surface area contributed by atoms with Crippen LogP contribution in [0.4, 0.5) is 0 Å². The van der Waals surface area contributed by atoms with Gasteiger partial charge < -0.3 is 5.11 Å². The molecule has 0 aliphatic heterocycles. The number of nitrogens with zero attached hydrogens (tertiary/aromatic N) is 3. The quantitative estimate of drug-likeness (QED) is 0.593. The molecule has 2 aromatic carbocycles. The topological polar surface area (TPSA) is 85.1 Å². The Balaban J connectivity index is 1.92. The van der Waals surface area contributed by atoms with Crippen LogP contribution in [0.15, 0.2) is 77.9 Å². The highest BCUT2D eigenvalue weighted by Crippen LogP contribution is 2.16. The summed E-state index contributed by atoms with van der Waals surface area (Å²) in [7, 11) is 0. The van der Waals surface area contributed by atoms with Crippen molar-refractivity contribution in [3.8, 4) is 5.69 Å². The van der Waals surface area contributed by atoms with Gasteiger partial charge in [0.15, 0.2) is 0 Å². The van der Waals surface area contributed by atoms with Gasteiger partial charge in [0.1, 0.15) is 5.82 Å². The number of rotatable bonds is 4. The van der Waals surface area contributed by atoms with Crippen molar-refractivity contribution in [3.63, 3.8) is 0 Å². The monoisotopic (exact) mass is 369 g/mol. The van der Waals surface area contributed by atoms with E-state index in [-0.39, 0.29) is 11.1 Å². The Labute approximate surface area is 160 Å². The minimum absolute atomic E-state index is 0.151. The molecular formula is C22H15N3O3. The highest BCUT2D eigenvalue weighted by atomic mass is 16.4. The van der Waals surface area contributed by atoms with Gasteiger partial charge in [0.25, 0.3) is 5.56 Å². The summed E-state index contributed by atoms with van der Waals surface area (Å²) in [6, 6.07) is 17.0. The highest BCUT2D eigenvalue weighted by molar-refractivity contribution is 5.88. The number of carbonyl (C=O) groups is 1. The van der Waals surface area contributed by atoms with E-state index in [0.717, 1.165) is 5.56 Å². The Hall–Kier alpha value is -4.06. The first-order chi connectivity index (χ1) is 13.6. The number of aromatic nitrogens is 3. The summed E-state index contributed by atoms with van der Waals surface area (Å²) in [6.45, 7) is 0. The lowest BCUT2D eigenvalue weighted by Crippen LogP contribution is -2.22. The fourth-order valence-corrected chi connectivity index (χ4v) is 2.91. The minimum Gasteiger partial charge on any atom is -0.478 e. The number of hydrogen-bond acceptors (Lipinski definition) is 4. The largest absolute Gasteiger partial charge is 0.478 e. The third kappa shape index (κ3) is 3.31. The van der Waals surface area contributed by atoms with E-state index >= 15 is 0 Å². The van der Waals surface area contributed by atoms with Crippen LogP contribution in [0, 0.1) is 0 Å². The normalized spacial score (nSPS) is 11.1. The van der Waals surface area contributed by atoms with E-state index in [9.17, 15) is 9.59 Å². The van der Waals surface area contributed by atoms with Gasteiger partial charge in [-0.2, -0.15) is 0 Å². The first-order valence-electron chi connectivity index (χ1n) is 8.57. The van der Waals surface area contributed by atoms with Gasteiger partial charge in [0, 0.05) is 12.4 Å². The van der Waals surface area contributed by atoms with Crippen LogP contribution in [-0.2, 0) is 0 Å². The first kappa shape index (κ1) is 17.4. The Kier molecular flexibility index (Phi) is 4.51. The van der Waals surface area contributed by atoms with Gasteiger partial charge in [-0.3, -0.25) is 14.3 Å². The number of para-hydroxylation sites is 1. The summed E-state index contributed by atoms with van der Waals surface area (Å²) in [5.41, 5.74) is 1.94. The van der Waals surface area contributed by atoms with Gasteiger partial charge in [-0.15, -0.1) is 0 Å². The third-order valence-corrected chi connectivity index (χ3v) is 4.28. The number of carboxylic acids is 1. The van der Waals surface area contributed by atoms with Gasteiger partial charge in [-0.05, 0) is 60.2 Å². The molecule has 0 saturated heterocycles. The fraction of sp³-hybridized carbons (Fsp3) is 0. The Morgan fingerprint density at radius 2 is 1.75 bits per heavy atom. The molecule has 0 atom stereocenters. The van der Waals surface area contributed by atoms with E-state index in [4.69, 9.17) is 5.11 Å². The number of benzene rings is 2. The van der Waals surface area contributed by atoms with E-state index in [1.165, 1.54) is 16.7 Å². The molecule has 4 aromatic rings. The zero-order valence-corrected chi connectivity index (χ0v) is 14.7. The average molecular weight is 369 g/mol. The van der Waals surface area contributed by atoms with Crippen molar-refractivity contribution < 1.29 is 9.90 Å². The molecule has 0 spiro atoms. The van der Waals surface area contributed by atoms with Gasteiger partial charge in [-0.25, -0.2) is 9.78 Å². The SMILES string of the molecule is O=C(O)c1ccc(-n2c(/C=C/c3cccnc3)nc3ccccc3c2=O)cc1. The predicted molar refractivity (Wildman–Crippen MR) is 107 cm³/mol. The van der Waals surface area contributed by atoms with Crippen LogP contribution in [0.25, 0.3) is 28.7 Å². The second-order valence-corrected chi connectivity index (χ2v) is 6.10.